The van der Waals surface area contributed by atoms with Gasteiger partial charge in [0, 0.05) is 17.7 Å². The SMILES string of the molecule is O=C(O)[C@H]1O[C@](O)(c2ccc([N+](=O)[O-])cc2)[C@H](O)[C@@H](O)[C@@H]1O. The van der Waals surface area contributed by atoms with Gasteiger partial charge in [0.25, 0.3) is 5.69 Å². The van der Waals surface area contributed by atoms with Gasteiger partial charge in [-0.05, 0) is 12.1 Å². The summed E-state index contributed by atoms with van der Waals surface area (Å²) >= 11 is 0. The third kappa shape index (κ3) is 2.53. The highest BCUT2D eigenvalue weighted by Gasteiger charge is 2.55. The first-order valence-electron chi connectivity index (χ1n) is 6.10. The highest BCUT2D eigenvalue weighted by Crippen LogP contribution is 2.36. The third-order valence-corrected chi connectivity index (χ3v) is 3.43. The predicted molar refractivity (Wildman–Crippen MR) is 67.5 cm³/mol. The number of aliphatic carboxylic acids is 1. The van der Waals surface area contributed by atoms with Crippen molar-refractivity contribution in [1.29, 1.82) is 0 Å². The number of carboxylic acid groups (broad SMARTS) is 1. The van der Waals surface area contributed by atoms with Crippen LogP contribution in [0.25, 0.3) is 0 Å². The van der Waals surface area contributed by atoms with Gasteiger partial charge >= 0.3 is 5.97 Å². The van der Waals surface area contributed by atoms with E-state index < -0.39 is 41.1 Å². The van der Waals surface area contributed by atoms with Crippen LogP contribution in [-0.2, 0) is 15.3 Å². The zero-order chi connectivity index (χ0) is 16.7. The maximum Gasteiger partial charge on any atom is 0.335 e. The summed E-state index contributed by atoms with van der Waals surface area (Å²) in [5, 5.41) is 59.0. The highest BCUT2D eigenvalue weighted by molar-refractivity contribution is 5.73. The molecule has 1 fully saturated rings. The van der Waals surface area contributed by atoms with Crippen molar-refractivity contribution in [3.63, 3.8) is 0 Å². The summed E-state index contributed by atoms with van der Waals surface area (Å²) in [6.45, 7) is 0. The first kappa shape index (κ1) is 16.3. The number of ether oxygens (including phenoxy) is 1. The number of benzene rings is 1. The van der Waals surface area contributed by atoms with E-state index in [1.54, 1.807) is 0 Å². The average molecular weight is 315 g/mol. The minimum Gasteiger partial charge on any atom is -0.479 e. The fourth-order valence-electron chi connectivity index (χ4n) is 2.19. The summed E-state index contributed by atoms with van der Waals surface area (Å²) < 4.78 is 4.84. The van der Waals surface area contributed by atoms with Crippen molar-refractivity contribution in [2.45, 2.75) is 30.2 Å². The number of non-ortho nitro benzene ring substituents is 1. The Hall–Kier alpha value is -2.11. The van der Waals surface area contributed by atoms with Gasteiger partial charge in [0.05, 0.1) is 4.92 Å². The van der Waals surface area contributed by atoms with Crippen molar-refractivity contribution >= 4 is 11.7 Å². The molecule has 0 spiro atoms. The number of hydrogen-bond donors (Lipinski definition) is 5. The quantitative estimate of drug-likeness (QED) is 0.322. The van der Waals surface area contributed by atoms with Gasteiger partial charge in [-0.3, -0.25) is 10.1 Å². The van der Waals surface area contributed by atoms with E-state index >= 15 is 0 Å². The predicted octanol–water partition coefficient (Wildman–Crippen LogP) is -1.69. The molecule has 1 aliphatic rings. The highest BCUT2D eigenvalue weighted by atomic mass is 16.7. The number of rotatable bonds is 3. The van der Waals surface area contributed by atoms with Gasteiger partial charge in [-0.15, -0.1) is 0 Å². The fourth-order valence-corrected chi connectivity index (χ4v) is 2.19. The summed E-state index contributed by atoms with van der Waals surface area (Å²) in [6.07, 6.45) is -7.99. The molecule has 1 aliphatic heterocycles. The summed E-state index contributed by atoms with van der Waals surface area (Å²) in [7, 11) is 0. The molecule has 1 saturated heterocycles. The number of carboxylic acids is 1. The lowest BCUT2D eigenvalue weighted by atomic mass is 9.88. The van der Waals surface area contributed by atoms with Gasteiger partial charge in [0.15, 0.2) is 6.10 Å². The molecule has 5 N–H and O–H groups in total. The van der Waals surface area contributed by atoms with Gasteiger partial charge in [-0.25, -0.2) is 4.79 Å². The fraction of sp³-hybridized carbons (Fsp3) is 0.417. The standard InChI is InChI=1S/C12H13NO9/c14-7-8(15)10(16)12(19,22-9(7)11(17)18)5-1-3-6(4-2-5)13(20)21/h1-4,7-10,14-16,19H,(H,17,18)/t7-,8-,9-,10+,12+/m0/s1. The molecule has 1 aromatic rings. The molecule has 0 radical (unpaired) electrons. The lowest BCUT2D eigenvalue weighted by Gasteiger charge is -2.44. The monoisotopic (exact) mass is 315 g/mol. The molecule has 5 atom stereocenters. The van der Waals surface area contributed by atoms with Crippen molar-refractivity contribution in [3.05, 3.63) is 39.9 Å². The Morgan fingerprint density at radius 3 is 2.18 bits per heavy atom. The molecular weight excluding hydrogens is 302 g/mol. The molecule has 10 nitrogen and oxygen atoms in total. The van der Waals surface area contributed by atoms with Gasteiger partial charge in [0.2, 0.25) is 5.79 Å². The Morgan fingerprint density at radius 2 is 1.73 bits per heavy atom. The van der Waals surface area contributed by atoms with Crippen molar-refractivity contribution in [2.75, 3.05) is 0 Å². The number of aliphatic hydroxyl groups is 4. The Balaban J connectivity index is 2.41. The number of nitrogens with zero attached hydrogens (tertiary/aromatic N) is 1. The molecule has 0 amide bonds. The summed E-state index contributed by atoms with van der Waals surface area (Å²) in [6, 6.07) is 4.11. The van der Waals surface area contributed by atoms with Crippen molar-refractivity contribution < 1.29 is 40.0 Å². The first-order chi connectivity index (χ1) is 10.2. The number of hydrogen-bond acceptors (Lipinski definition) is 8. The van der Waals surface area contributed by atoms with Crippen LogP contribution in [0.4, 0.5) is 5.69 Å². The number of carbonyl (C=O) groups is 1. The van der Waals surface area contributed by atoms with Crippen LogP contribution in [0.2, 0.25) is 0 Å². The van der Waals surface area contributed by atoms with Crippen LogP contribution < -0.4 is 0 Å². The van der Waals surface area contributed by atoms with Gasteiger partial charge in [-0.1, -0.05) is 0 Å². The van der Waals surface area contributed by atoms with E-state index in [1.807, 2.05) is 0 Å². The number of nitro groups is 1. The lowest BCUT2D eigenvalue weighted by molar-refractivity contribution is -0.385. The van der Waals surface area contributed by atoms with Crippen LogP contribution in [0, 0.1) is 10.1 Å². The third-order valence-electron chi connectivity index (χ3n) is 3.43. The molecule has 2 rings (SSSR count). The van der Waals surface area contributed by atoms with E-state index in [0.29, 0.717) is 0 Å². The maximum atomic E-state index is 11.0. The van der Waals surface area contributed by atoms with Crippen LogP contribution >= 0.6 is 0 Å². The smallest absolute Gasteiger partial charge is 0.335 e. The van der Waals surface area contributed by atoms with E-state index in [0.717, 1.165) is 24.3 Å². The first-order valence-corrected chi connectivity index (χ1v) is 6.10. The van der Waals surface area contributed by atoms with E-state index in [4.69, 9.17) is 9.84 Å². The molecular formula is C12H13NO9. The van der Waals surface area contributed by atoms with Crippen molar-refractivity contribution in [2.24, 2.45) is 0 Å². The summed E-state index contributed by atoms with van der Waals surface area (Å²) in [4.78, 5) is 20.9. The largest absolute Gasteiger partial charge is 0.479 e. The minimum absolute atomic E-state index is 0.206. The molecule has 1 aromatic carbocycles. The topological polar surface area (TPSA) is 171 Å². The van der Waals surface area contributed by atoms with Crippen molar-refractivity contribution in [3.8, 4) is 0 Å². The van der Waals surface area contributed by atoms with E-state index in [-0.39, 0.29) is 11.3 Å². The van der Waals surface area contributed by atoms with Crippen LogP contribution in [-0.4, -0.2) is 60.8 Å². The second-order valence-corrected chi connectivity index (χ2v) is 4.80. The minimum atomic E-state index is -2.64. The van der Waals surface area contributed by atoms with E-state index in [1.165, 1.54) is 0 Å². The molecule has 22 heavy (non-hydrogen) atoms. The van der Waals surface area contributed by atoms with Crippen LogP contribution in [0.1, 0.15) is 5.56 Å². The Labute approximate surface area is 123 Å². The average Bonchev–Trinajstić information content (AvgIpc) is 2.48. The second-order valence-electron chi connectivity index (χ2n) is 4.80. The zero-order valence-corrected chi connectivity index (χ0v) is 10.9. The van der Waals surface area contributed by atoms with Crippen LogP contribution in [0.3, 0.4) is 0 Å². The van der Waals surface area contributed by atoms with Gasteiger partial charge < -0.3 is 30.3 Å². The Bertz CT molecular complexity index is 589. The van der Waals surface area contributed by atoms with Gasteiger partial charge in [-0.2, -0.15) is 0 Å². The normalized spacial score (nSPS) is 35.1. The van der Waals surface area contributed by atoms with Crippen LogP contribution in [0.15, 0.2) is 24.3 Å². The Morgan fingerprint density at radius 1 is 1.18 bits per heavy atom. The number of nitro benzene ring substituents is 1. The molecule has 10 heteroatoms. The van der Waals surface area contributed by atoms with E-state index in [2.05, 4.69) is 0 Å². The Kier molecular flexibility index (Phi) is 4.13. The van der Waals surface area contributed by atoms with Crippen molar-refractivity contribution in [1.82, 2.24) is 0 Å². The molecule has 0 aliphatic carbocycles. The number of aliphatic hydroxyl groups excluding tert-OH is 3. The van der Waals surface area contributed by atoms with Gasteiger partial charge in [0.1, 0.15) is 18.3 Å². The lowest BCUT2D eigenvalue weighted by Crippen LogP contribution is -2.64. The maximum absolute atomic E-state index is 11.0. The summed E-state index contributed by atoms with van der Waals surface area (Å²) in [5.74, 6) is -4.30. The zero-order valence-electron chi connectivity index (χ0n) is 10.9. The molecule has 0 bridgehead atoms. The second kappa shape index (κ2) is 5.59. The van der Waals surface area contributed by atoms with Crippen LogP contribution in [0.5, 0.6) is 0 Å². The molecule has 0 aromatic heterocycles. The molecule has 1 heterocycles. The molecule has 0 unspecified atom stereocenters. The molecule has 120 valence electrons. The molecule has 0 saturated carbocycles. The van der Waals surface area contributed by atoms with E-state index in [9.17, 15) is 35.3 Å². The summed E-state index contributed by atoms with van der Waals surface area (Å²) in [5.41, 5.74) is -0.504.